The third-order valence-electron chi connectivity index (χ3n) is 4.39. The average Bonchev–Trinajstić information content (AvgIpc) is 2.82. The van der Waals surface area contributed by atoms with Crippen LogP contribution in [0.1, 0.15) is 20.7 Å². The fourth-order valence-corrected chi connectivity index (χ4v) is 5.26. The third kappa shape index (κ3) is 8.61. The Morgan fingerprint density at radius 2 is 0.970 bits per heavy atom. The van der Waals surface area contributed by atoms with E-state index < -0.39 is 19.9 Å². The van der Waals surface area contributed by atoms with E-state index in [9.17, 15) is 14.7 Å². The van der Waals surface area contributed by atoms with Crippen LogP contribution in [0, 0.1) is 0 Å². The second kappa shape index (κ2) is 14.9. The average molecular weight is 485 g/mol. The Morgan fingerprint density at radius 1 is 0.606 bits per heavy atom. The minimum absolute atomic E-state index is 0. The van der Waals surface area contributed by atoms with Gasteiger partial charge in [0.1, 0.15) is 0 Å². The summed E-state index contributed by atoms with van der Waals surface area (Å²) in [7, 11) is -0.446. The molecule has 0 aliphatic carbocycles. The predicted molar refractivity (Wildman–Crippen MR) is 126 cm³/mol. The first-order valence-corrected chi connectivity index (χ1v) is 10.9. The monoisotopic (exact) mass is 484 g/mol. The van der Waals surface area contributed by atoms with Crippen molar-refractivity contribution in [1.29, 1.82) is 0 Å². The first-order valence-electron chi connectivity index (χ1n) is 9.56. The van der Waals surface area contributed by atoms with Crippen LogP contribution in [0.5, 0.6) is 0 Å². The molecule has 0 radical (unpaired) electrons. The molecular weight excluding hydrogens is 462 g/mol. The second-order valence-corrected chi connectivity index (χ2v) is 8.74. The summed E-state index contributed by atoms with van der Waals surface area (Å²) in [6.45, 7) is 0. The Morgan fingerprint density at radius 3 is 1.30 bits per heavy atom. The summed E-state index contributed by atoms with van der Waals surface area (Å²) < 4.78 is 0. The van der Waals surface area contributed by atoms with Crippen molar-refractivity contribution in [1.82, 2.24) is 0 Å². The molecule has 4 rings (SSSR count). The van der Waals surface area contributed by atoms with E-state index >= 15 is 0 Å². The van der Waals surface area contributed by atoms with Gasteiger partial charge in [0.05, 0.1) is 11.5 Å². The van der Waals surface area contributed by atoms with Crippen LogP contribution < -0.4 is 72.4 Å². The minimum atomic E-state index is -1.38. The zero-order chi connectivity index (χ0) is 22.1. The number of aromatic carboxylic acids is 2. The molecule has 33 heavy (non-hydrogen) atoms. The molecule has 4 aromatic carbocycles. The van der Waals surface area contributed by atoms with Crippen LogP contribution in [0.3, 0.4) is 0 Å². The zero-order valence-electron chi connectivity index (χ0n) is 18.1. The molecule has 5 nitrogen and oxygen atoms in total. The number of benzene rings is 4. The molecule has 3 N–H and O–H groups in total. The normalized spacial score (nSPS) is 9.48. The molecule has 0 saturated carbocycles. The van der Waals surface area contributed by atoms with Crippen LogP contribution in [0.25, 0.3) is 0 Å². The fourth-order valence-electron chi connectivity index (χ4n) is 2.96. The van der Waals surface area contributed by atoms with Gasteiger partial charge in [0.2, 0.25) is 0 Å². The van der Waals surface area contributed by atoms with Crippen LogP contribution in [0.15, 0.2) is 115 Å². The number of carboxylic acids is 2. The Labute approximate surface area is 236 Å². The van der Waals surface area contributed by atoms with E-state index in [1.807, 2.05) is 0 Å². The molecule has 0 heterocycles. The van der Waals surface area contributed by atoms with Crippen LogP contribution in [-0.4, -0.2) is 22.5 Å². The van der Waals surface area contributed by atoms with Gasteiger partial charge in [-0.2, -0.15) is 0 Å². The van der Waals surface area contributed by atoms with Gasteiger partial charge in [-0.15, -0.1) is 0 Å². The summed E-state index contributed by atoms with van der Waals surface area (Å²) in [6.07, 6.45) is 0. The number of hydrogen-bond acceptors (Lipinski definition) is 3. The summed E-state index contributed by atoms with van der Waals surface area (Å²) in [5.41, 5.74) is -0.188. The van der Waals surface area contributed by atoms with E-state index in [1.54, 1.807) is 0 Å². The topological polar surface area (TPSA) is 109 Å². The van der Waals surface area contributed by atoms with Crippen molar-refractivity contribution in [3.8, 4) is 0 Å². The second-order valence-electron chi connectivity index (χ2n) is 6.52. The number of rotatable bonds is 5. The zero-order valence-corrected chi connectivity index (χ0v) is 22.1. The molecule has 162 valence electrons. The molecule has 0 fully saturated rings. The molecular formula is C26H22KO5P. The molecule has 0 bridgehead atoms. The quantitative estimate of drug-likeness (QED) is 0.301. The van der Waals surface area contributed by atoms with Crippen molar-refractivity contribution >= 4 is 35.8 Å². The van der Waals surface area contributed by atoms with Crippen molar-refractivity contribution in [3.05, 3.63) is 126 Å². The largest absolute Gasteiger partial charge is 1.00 e. The number of carboxylic acid groups (broad SMARTS) is 2. The number of carbonyl (C=O) groups is 2. The first-order chi connectivity index (χ1) is 15.1. The maximum atomic E-state index is 10.4. The van der Waals surface area contributed by atoms with Crippen molar-refractivity contribution < 1.29 is 76.7 Å². The summed E-state index contributed by atoms with van der Waals surface area (Å²) in [6, 6.07) is 37.3. The molecule has 0 aromatic heterocycles. The van der Waals surface area contributed by atoms with Crippen molar-refractivity contribution in [2.24, 2.45) is 0 Å². The van der Waals surface area contributed by atoms with E-state index in [4.69, 9.17) is 5.11 Å². The molecule has 0 unspecified atom stereocenters. The van der Waals surface area contributed by atoms with Crippen molar-refractivity contribution in [2.75, 3.05) is 0 Å². The first kappa shape index (κ1) is 28.9. The molecule has 4 aromatic rings. The van der Waals surface area contributed by atoms with Gasteiger partial charge in [-0.05, 0) is 41.5 Å². The van der Waals surface area contributed by atoms with Crippen LogP contribution in [0.2, 0.25) is 0 Å². The van der Waals surface area contributed by atoms with Gasteiger partial charge in [0.15, 0.2) is 0 Å². The van der Waals surface area contributed by atoms with Crippen molar-refractivity contribution in [3.63, 3.8) is 0 Å². The van der Waals surface area contributed by atoms with Gasteiger partial charge in [0.25, 0.3) is 0 Å². The van der Waals surface area contributed by atoms with Gasteiger partial charge >= 0.3 is 57.4 Å². The molecule has 0 aliphatic rings. The summed E-state index contributed by atoms with van der Waals surface area (Å²) in [5, 5.41) is 22.9. The molecule has 0 spiro atoms. The van der Waals surface area contributed by atoms with E-state index in [0.29, 0.717) is 0 Å². The summed E-state index contributed by atoms with van der Waals surface area (Å²) in [4.78, 5) is 20.6. The molecule has 0 saturated heterocycles. The molecule has 0 aliphatic heterocycles. The van der Waals surface area contributed by atoms with E-state index in [-0.39, 0.29) is 68.0 Å². The third-order valence-corrected chi connectivity index (χ3v) is 6.83. The van der Waals surface area contributed by atoms with Crippen molar-refractivity contribution in [2.45, 2.75) is 0 Å². The van der Waals surface area contributed by atoms with Gasteiger partial charge < -0.3 is 20.5 Å². The van der Waals surface area contributed by atoms with Gasteiger partial charge in [0, 0.05) is 0 Å². The number of hydrogen-bond donors (Lipinski definition) is 1. The molecule has 0 amide bonds. The molecule has 7 heteroatoms. The van der Waals surface area contributed by atoms with Gasteiger partial charge in [-0.3, -0.25) is 0 Å². The van der Waals surface area contributed by atoms with E-state index in [0.717, 1.165) is 6.07 Å². The minimum Gasteiger partial charge on any atom is -0.545 e. The summed E-state index contributed by atoms with van der Waals surface area (Å²) >= 11 is 0. The Bertz CT molecular complexity index is 1020. The predicted octanol–water partition coefficient (Wildman–Crippen LogP) is -0.628. The Kier molecular flexibility index (Phi) is 13.0. The fraction of sp³-hybridized carbons (Fsp3) is 0. The Balaban J connectivity index is 0.000000342. The number of carbonyl (C=O) groups excluding carboxylic acids is 1. The van der Waals surface area contributed by atoms with Gasteiger partial charge in [-0.25, -0.2) is 4.79 Å². The SMILES string of the molecule is O.O=C([O-])c1cccc(C(=O)O)c1.[K+].c1ccc(P(c2ccccc2)c2ccccc2)cc1. The summed E-state index contributed by atoms with van der Waals surface area (Å²) in [5.74, 6) is -2.53. The van der Waals surface area contributed by atoms with Crippen LogP contribution in [-0.2, 0) is 0 Å². The van der Waals surface area contributed by atoms with Crippen LogP contribution >= 0.6 is 7.92 Å². The smallest absolute Gasteiger partial charge is 0.545 e. The molecule has 0 atom stereocenters. The van der Waals surface area contributed by atoms with E-state index in [1.165, 1.54) is 34.1 Å². The van der Waals surface area contributed by atoms with E-state index in [2.05, 4.69) is 91.0 Å². The maximum absolute atomic E-state index is 10.4. The van der Waals surface area contributed by atoms with Crippen LogP contribution in [0.4, 0.5) is 0 Å². The maximum Gasteiger partial charge on any atom is 1.00 e. The van der Waals surface area contributed by atoms with Gasteiger partial charge in [-0.1, -0.05) is 103 Å². The Hall–Kier alpha value is -2.15. The standard InChI is InChI=1S/C18H15P.C8H6O4.K.H2O/c1-4-10-16(11-5-1)19(17-12-6-2-7-13-17)18-14-8-3-9-15-18;9-7(10)5-2-1-3-6(4-5)8(11)12;;/h1-15H;1-4H,(H,9,10)(H,11,12);;1H2/q;;+1;/p-1.